The highest BCUT2D eigenvalue weighted by Gasteiger charge is 2.34. The summed E-state index contributed by atoms with van der Waals surface area (Å²) in [5, 5.41) is 8.10. The molecule has 1 fully saturated rings. The highest BCUT2D eigenvalue weighted by atomic mass is 35.5. The van der Waals surface area contributed by atoms with E-state index in [9.17, 15) is 9.59 Å². The second-order valence-corrected chi connectivity index (χ2v) is 7.98. The third-order valence-corrected chi connectivity index (χ3v) is 5.74. The van der Waals surface area contributed by atoms with Gasteiger partial charge in [0, 0.05) is 22.2 Å². The molecule has 0 aliphatic heterocycles. The topological polar surface area (TPSA) is 79.3 Å². The maximum Gasteiger partial charge on any atom is 0.274 e. The number of fused-ring (bicyclic) bond motifs is 1. The molecule has 0 unspecified atom stereocenters. The zero-order chi connectivity index (χ0) is 20.0. The molecule has 0 radical (unpaired) electrons. The minimum absolute atomic E-state index is 0.0490. The molecular weight excluding hydrogens is 376 g/mol. The number of carbonyl (C=O) groups excluding carboxylic acids is 1. The van der Waals surface area contributed by atoms with Gasteiger partial charge in [-0.15, -0.1) is 0 Å². The van der Waals surface area contributed by atoms with Gasteiger partial charge in [0.25, 0.3) is 11.5 Å². The van der Waals surface area contributed by atoms with Crippen molar-refractivity contribution in [2.24, 2.45) is 0 Å². The average molecular weight is 399 g/mol. The number of rotatable bonds is 5. The van der Waals surface area contributed by atoms with E-state index in [1.165, 1.54) is 0 Å². The van der Waals surface area contributed by atoms with Crippen molar-refractivity contribution < 1.29 is 4.79 Å². The van der Waals surface area contributed by atoms with Gasteiger partial charge in [0.1, 0.15) is 5.52 Å². The number of nitrogens with one attached hydrogen (secondary N) is 2. The van der Waals surface area contributed by atoms with Crippen molar-refractivity contribution in [2.75, 3.05) is 0 Å². The number of nitrogens with zero attached hydrogens (tertiary/aromatic N) is 2. The molecule has 0 saturated heterocycles. The van der Waals surface area contributed by atoms with Crippen LogP contribution in [0.4, 0.5) is 0 Å². The Morgan fingerprint density at radius 3 is 2.82 bits per heavy atom. The molecule has 1 aromatic carbocycles. The molecular formula is C21H23ClN4O2. The van der Waals surface area contributed by atoms with Gasteiger partial charge < -0.3 is 10.3 Å². The van der Waals surface area contributed by atoms with E-state index in [-0.39, 0.29) is 23.4 Å². The molecule has 146 valence electrons. The summed E-state index contributed by atoms with van der Waals surface area (Å²) in [5.74, 6) is -0.00441. The van der Waals surface area contributed by atoms with E-state index in [0.29, 0.717) is 21.9 Å². The third-order valence-electron chi connectivity index (χ3n) is 5.34. The second kappa shape index (κ2) is 7.09. The van der Waals surface area contributed by atoms with E-state index in [1.807, 2.05) is 39.0 Å². The smallest absolute Gasteiger partial charge is 0.274 e. The van der Waals surface area contributed by atoms with Gasteiger partial charge in [-0.25, -0.2) is 4.52 Å². The number of hydrogen-bond acceptors (Lipinski definition) is 3. The van der Waals surface area contributed by atoms with Crippen molar-refractivity contribution in [3.8, 4) is 11.3 Å². The zero-order valence-corrected chi connectivity index (χ0v) is 16.9. The van der Waals surface area contributed by atoms with Crippen molar-refractivity contribution >= 4 is 23.0 Å². The van der Waals surface area contributed by atoms with Crippen LogP contribution < -0.4 is 10.9 Å². The molecule has 6 nitrogen and oxygen atoms in total. The van der Waals surface area contributed by atoms with Crippen molar-refractivity contribution in [3.63, 3.8) is 0 Å². The number of aryl methyl sites for hydroxylation is 1. The molecule has 2 N–H and O–H groups in total. The van der Waals surface area contributed by atoms with Crippen LogP contribution in [0.2, 0.25) is 5.02 Å². The summed E-state index contributed by atoms with van der Waals surface area (Å²) < 4.78 is 1.54. The van der Waals surface area contributed by atoms with Crippen LogP contribution in [-0.4, -0.2) is 26.5 Å². The molecule has 1 amide bonds. The van der Waals surface area contributed by atoms with Gasteiger partial charge in [-0.2, -0.15) is 5.10 Å². The van der Waals surface area contributed by atoms with Gasteiger partial charge in [-0.1, -0.05) is 30.7 Å². The fourth-order valence-electron chi connectivity index (χ4n) is 3.33. The molecule has 3 aromatic rings. The predicted molar refractivity (Wildman–Crippen MR) is 110 cm³/mol. The summed E-state index contributed by atoms with van der Waals surface area (Å²) in [5.41, 5.74) is 3.70. The molecule has 1 saturated carbocycles. The number of aromatic nitrogens is 3. The Hall–Kier alpha value is -2.60. The predicted octanol–water partition coefficient (Wildman–Crippen LogP) is 4.06. The summed E-state index contributed by atoms with van der Waals surface area (Å²) >= 11 is 6.24. The quantitative estimate of drug-likeness (QED) is 0.680. The molecule has 0 spiro atoms. The van der Waals surface area contributed by atoms with Crippen LogP contribution in [0.3, 0.4) is 0 Å². The molecule has 1 atom stereocenters. The molecule has 1 aliphatic rings. The number of amides is 1. The summed E-state index contributed by atoms with van der Waals surface area (Å²) in [4.78, 5) is 28.6. The Bertz CT molecular complexity index is 1130. The first kappa shape index (κ1) is 18.7. The van der Waals surface area contributed by atoms with E-state index in [4.69, 9.17) is 11.6 Å². The highest BCUT2D eigenvalue weighted by molar-refractivity contribution is 6.31. The minimum Gasteiger partial charge on any atom is -0.348 e. The second-order valence-electron chi connectivity index (χ2n) is 7.57. The van der Waals surface area contributed by atoms with Gasteiger partial charge in [0.05, 0.1) is 11.9 Å². The maximum absolute atomic E-state index is 12.9. The van der Waals surface area contributed by atoms with Crippen LogP contribution in [0.25, 0.3) is 16.8 Å². The molecule has 4 rings (SSSR count). The Morgan fingerprint density at radius 2 is 2.18 bits per heavy atom. The Labute approximate surface area is 167 Å². The normalized spacial score (nSPS) is 15.0. The lowest BCUT2D eigenvalue weighted by atomic mass is 10.1. The number of benzene rings is 1. The van der Waals surface area contributed by atoms with Crippen LogP contribution in [0.1, 0.15) is 60.6 Å². The van der Waals surface area contributed by atoms with Gasteiger partial charge in [-0.05, 0) is 50.7 Å². The fraction of sp³-hybridized carbons (Fsp3) is 0.381. The third kappa shape index (κ3) is 3.33. The van der Waals surface area contributed by atoms with E-state index >= 15 is 0 Å². The molecule has 7 heteroatoms. The lowest BCUT2D eigenvalue weighted by Crippen LogP contribution is -2.32. The lowest BCUT2D eigenvalue weighted by molar-refractivity contribution is 0.0933. The van der Waals surface area contributed by atoms with Crippen molar-refractivity contribution in [2.45, 2.75) is 52.0 Å². The molecule has 2 heterocycles. The van der Waals surface area contributed by atoms with E-state index in [1.54, 1.807) is 10.7 Å². The van der Waals surface area contributed by atoms with Gasteiger partial charge in [0.2, 0.25) is 0 Å². The summed E-state index contributed by atoms with van der Waals surface area (Å²) in [7, 11) is 0. The standard InChI is InChI=1S/C21H23ClN4O2/c1-4-12(3)23-20(27)18-17(13-7-8-13)19-21(28)24-16(10-26(19)25-18)14-6-5-11(2)15(22)9-14/h5-6,9-10,12-13H,4,7-8H2,1-3H3,(H,23,27)(H,24,28)/t12-/m1/s1. The molecule has 28 heavy (non-hydrogen) atoms. The van der Waals surface area contributed by atoms with Gasteiger partial charge >= 0.3 is 0 Å². The van der Waals surface area contributed by atoms with Gasteiger partial charge in [-0.3, -0.25) is 9.59 Å². The largest absolute Gasteiger partial charge is 0.348 e. The minimum atomic E-state index is -0.244. The zero-order valence-electron chi connectivity index (χ0n) is 16.2. The van der Waals surface area contributed by atoms with E-state index in [0.717, 1.165) is 36.0 Å². The summed E-state index contributed by atoms with van der Waals surface area (Å²) in [6.45, 7) is 5.90. The number of aromatic amines is 1. The van der Waals surface area contributed by atoms with Crippen molar-refractivity contribution in [3.05, 3.63) is 56.6 Å². The Kier molecular flexibility index (Phi) is 4.75. The molecule has 1 aliphatic carbocycles. The Morgan fingerprint density at radius 1 is 1.43 bits per heavy atom. The fourth-order valence-corrected chi connectivity index (χ4v) is 3.51. The van der Waals surface area contributed by atoms with Gasteiger partial charge in [0.15, 0.2) is 5.69 Å². The Balaban J connectivity index is 1.85. The first-order valence-electron chi connectivity index (χ1n) is 9.62. The molecule has 2 aromatic heterocycles. The highest BCUT2D eigenvalue weighted by Crippen LogP contribution is 2.43. The molecule has 0 bridgehead atoms. The SMILES string of the molecule is CC[C@@H](C)NC(=O)c1nn2cc(-c3ccc(C)c(Cl)c3)[nH]c(=O)c2c1C1CC1. The van der Waals surface area contributed by atoms with Crippen molar-refractivity contribution in [1.29, 1.82) is 0 Å². The lowest BCUT2D eigenvalue weighted by Gasteiger charge is -2.10. The van der Waals surface area contributed by atoms with Crippen LogP contribution in [-0.2, 0) is 0 Å². The summed E-state index contributed by atoms with van der Waals surface area (Å²) in [6, 6.07) is 5.67. The number of carbonyl (C=O) groups is 1. The number of H-pyrrole nitrogens is 1. The van der Waals surface area contributed by atoms with Crippen LogP contribution >= 0.6 is 11.6 Å². The first-order chi connectivity index (χ1) is 13.4. The average Bonchev–Trinajstić information content (AvgIpc) is 3.43. The monoisotopic (exact) mass is 398 g/mol. The van der Waals surface area contributed by atoms with Crippen molar-refractivity contribution in [1.82, 2.24) is 19.9 Å². The number of halogens is 1. The number of hydrogen-bond donors (Lipinski definition) is 2. The summed E-state index contributed by atoms with van der Waals surface area (Å²) in [6.07, 6.45) is 4.53. The van der Waals surface area contributed by atoms with Crippen LogP contribution in [0.15, 0.2) is 29.2 Å². The first-order valence-corrected chi connectivity index (χ1v) is 9.99. The van der Waals surface area contributed by atoms with E-state index < -0.39 is 0 Å². The van der Waals surface area contributed by atoms with Crippen LogP contribution in [0, 0.1) is 6.92 Å². The maximum atomic E-state index is 12.9. The van der Waals surface area contributed by atoms with Crippen LogP contribution in [0.5, 0.6) is 0 Å². The van der Waals surface area contributed by atoms with E-state index in [2.05, 4.69) is 15.4 Å².